The molecule has 0 radical (unpaired) electrons. The molecule has 0 unspecified atom stereocenters. The van der Waals surface area contributed by atoms with E-state index in [-0.39, 0.29) is 33.6 Å². The Morgan fingerprint density at radius 2 is 1.77 bits per heavy atom. The molecule has 152 valence electrons. The van der Waals surface area contributed by atoms with Crippen molar-refractivity contribution in [1.29, 1.82) is 5.26 Å². The number of halogens is 1. The van der Waals surface area contributed by atoms with Gasteiger partial charge < -0.3 is 9.52 Å². The van der Waals surface area contributed by atoms with Crippen molar-refractivity contribution in [2.75, 3.05) is 0 Å². The van der Waals surface area contributed by atoms with Crippen LogP contribution in [-0.2, 0) is 0 Å². The Morgan fingerprint density at radius 1 is 1.10 bits per heavy atom. The zero-order valence-electron chi connectivity index (χ0n) is 15.7. The first kappa shape index (κ1) is 20.0. The van der Waals surface area contributed by atoms with Gasteiger partial charge in [0.15, 0.2) is 11.5 Å². The van der Waals surface area contributed by atoms with Gasteiger partial charge in [-0.15, -0.1) is 11.3 Å². The summed E-state index contributed by atoms with van der Waals surface area (Å²) in [5.74, 6) is -0.310. The molecule has 2 aromatic heterocycles. The molecule has 0 aliphatic rings. The highest BCUT2D eigenvalue weighted by Gasteiger charge is 2.18. The second-order valence-electron chi connectivity index (χ2n) is 6.35. The number of nitro groups is 1. The molecule has 0 aliphatic carbocycles. The molecule has 0 fully saturated rings. The zero-order valence-corrected chi connectivity index (χ0v) is 16.5. The average molecular weight is 433 g/mol. The molecule has 0 atom stereocenters. The number of hydrogen-bond acceptors (Lipinski definition) is 7. The standard InChI is InChI=1S/C22H12FN3O4S/c23-15-5-1-13(2-6-15)18-12-31-22(25-18)17(11-24)21(27)20-10-9-19(30-20)14-3-7-16(8-4-14)26(28)29/h1-10,12,27H/b21-17-. The fourth-order valence-electron chi connectivity index (χ4n) is 2.83. The maximum absolute atomic E-state index is 13.1. The van der Waals surface area contributed by atoms with Crippen molar-refractivity contribution >= 4 is 28.4 Å². The van der Waals surface area contributed by atoms with Gasteiger partial charge in [-0.2, -0.15) is 5.26 Å². The molecule has 4 rings (SSSR count). The minimum absolute atomic E-state index is 0.0502. The Hall–Kier alpha value is -4.29. The van der Waals surface area contributed by atoms with Crippen LogP contribution in [0.15, 0.2) is 70.5 Å². The summed E-state index contributed by atoms with van der Waals surface area (Å²) in [4.78, 5) is 14.7. The van der Waals surface area contributed by atoms with E-state index in [1.807, 2.05) is 6.07 Å². The van der Waals surface area contributed by atoms with Crippen LogP contribution < -0.4 is 0 Å². The van der Waals surface area contributed by atoms with Gasteiger partial charge in [-0.3, -0.25) is 10.1 Å². The van der Waals surface area contributed by atoms with Gasteiger partial charge in [0.05, 0.1) is 10.6 Å². The number of furan rings is 1. The smallest absolute Gasteiger partial charge is 0.269 e. The molecule has 0 aliphatic heterocycles. The molecule has 0 saturated carbocycles. The van der Waals surface area contributed by atoms with Gasteiger partial charge >= 0.3 is 0 Å². The number of non-ortho nitro benzene ring substituents is 1. The lowest BCUT2D eigenvalue weighted by atomic mass is 10.1. The largest absolute Gasteiger partial charge is 0.503 e. The van der Waals surface area contributed by atoms with Gasteiger partial charge in [0.25, 0.3) is 5.69 Å². The third-order valence-electron chi connectivity index (χ3n) is 4.41. The van der Waals surface area contributed by atoms with Crippen LogP contribution in [0.4, 0.5) is 10.1 Å². The maximum atomic E-state index is 13.1. The van der Waals surface area contributed by atoms with Gasteiger partial charge in [0, 0.05) is 28.6 Å². The summed E-state index contributed by atoms with van der Waals surface area (Å²) in [6.45, 7) is 0. The van der Waals surface area contributed by atoms with Crippen LogP contribution in [0, 0.1) is 27.3 Å². The number of allylic oxidation sites excluding steroid dienone is 1. The Balaban J connectivity index is 1.65. The molecule has 0 saturated heterocycles. The second kappa shape index (κ2) is 8.22. The van der Waals surface area contributed by atoms with Crippen molar-refractivity contribution < 1.29 is 18.8 Å². The Labute approximate surface area is 179 Å². The summed E-state index contributed by atoms with van der Waals surface area (Å²) >= 11 is 1.16. The van der Waals surface area contributed by atoms with Crippen LogP contribution in [0.1, 0.15) is 10.8 Å². The Morgan fingerprint density at radius 3 is 2.42 bits per heavy atom. The highest BCUT2D eigenvalue weighted by Crippen LogP contribution is 2.32. The van der Waals surface area contributed by atoms with E-state index >= 15 is 0 Å². The number of rotatable bonds is 5. The van der Waals surface area contributed by atoms with Crippen LogP contribution in [-0.4, -0.2) is 15.0 Å². The van der Waals surface area contributed by atoms with Crippen molar-refractivity contribution in [1.82, 2.24) is 4.98 Å². The van der Waals surface area contributed by atoms with E-state index in [4.69, 9.17) is 4.42 Å². The van der Waals surface area contributed by atoms with Crippen LogP contribution >= 0.6 is 11.3 Å². The minimum Gasteiger partial charge on any atom is -0.503 e. The fraction of sp³-hybridized carbons (Fsp3) is 0. The number of nitriles is 1. The third kappa shape index (κ3) is 4.05. The van der Waals surface area contributed by atoms with Crippen molar-refractivity contribution in [2.24, 2.45) is 0 Å². The van der Waals surface area contributed by atoms with E-state index in [9.17, 15) is 24.9 Å². The number of aliphatic hydroxyl groups excluding tert-OH is 1. The molecular formula is C22H12FN3O4S. The van der Waals surface area contributed by atoms with E-state index in [1.165, 1.54) is 42.5 Å². The topological polar surface area (TPSA) is 113 Å². The summed E-state index contributed by atoms with van der Waals surface area (Å²) in [6, 6.07) is 16.6. The number of nitrogens with zero attached hydrogens (tertiary/aromatic N) is 3. The van der Waals surface area contributed by atoms with Gasteiger partial charge in [-0.25, -0.2) is 9.37 Å². The lowest BCUT2D eigenvalue weighted by Gasteiger charge is -2.00. The molecule has 0 spiro atoms. The van der Waals surface area contributed by atoms with Crippen molar-refractivity contribution in [2.45, 2.75) is 0 Å². The number of nitro benzene ring substituents is 1. The summed E-state index contributed by atoms with van der Waals surface area (Å²) in [5, 5.41) is 33.0. The number of aliphatic hydroxyl groups is 1. The number of benzene rings is 2. The van der Waals surface area contributed by atoms with Crippen molar-refractivity contribution in [3.8, 4) is 28.7 Å². The van der Waals surface area contributed by atoms with E-state index < -0.39 is 4.92 Å². The molecular weight excluding hydrogens is 421 g/mol. The predicted molar refractivity (Wildman–Crippen MR) is 113 cm³/mol. The van der Waals surface area contributed by atoms with E-state index in [1.54, 1.807) is 23.6 Å². The van der Waals surface area contributed by atoms with Crippen LogP contribution in [0.2, 0.25) is 0 Å². The molecule has 1 N–H and O–H groups in total. The van der Waals surface area contributed by atoms with E-state index in [0.29, 0.717) is 22.6 Å². The van der Waals surface area contributed by atoms with Gasteiger partial charge in [-0.1, -0.05) is 0 Å². The monoisotopic (exact) mass is 433 g/mol. The molecule has 0 amide bonds. The molecule has 2 aromatic carbocycles. The molecule has 2 heterocycles. The van der Waals surface area contributed by atoms with Crippen molar-refractivity contribution in [3.05, 3.63) is 92.7 Å². The van der Waals surface area contributed by atoms with Crippen LogP contribution in [0.25, 0.3) is 33.9 Å². The highest BCUT2D eigenvalue weighted by atomic mass is 32.1. The maximum Gasteiger partial charge on any atom is 0.269 e. The third-order valence-corrected chi connectivity index (χ3v) is 5.27. The molecule has 31 heavy (non-hydrogen) atoms. The molecule has 0 bridgehead atoms. The lowest BCUT2D eigenvalue weighted by Crippen LogP contribution is -1.89. The Bertz CT molecular complexity index is 1330. The summed E-state index contributed by atoms with van der Waals surface area (Å²) in [5.41, 5.74) is 1.69. The van der Waals surface area contributed by atoms with Gasteiger partial charge in [0.1, 0.15) is 28.2 Å². The molecule has 7 nitrogen and oxygen atoms in total. The van der Waals surface area contributed by atoms with E-state index in [0.717, 1.165) is 11.3 Å². The zero-order chi connectivity index (χ0) is 22.0. The minimum atomic E-state index is -0.501. The quantitative estimate of drug-likeness (QED) is 0.177. The normalized spacial score (nSPS) is 11.6. The first-order chi connectivity index (χ1) is 15.0. The summed E-state index contributed by atoms with van der Waals surface area (Å²) in [7, 11) is 0. The second-order valence-corrected chi connectivity index (χ2v) is 7.21. The number of thiazole rings is 1. The molecule has 9 heteroatoms. The number of hydrogen-bond donors (Lipinski definition) is 1. The predicted octanol–water partition coefficient (Wildman–Crippen LogP) is 6.07. The summed E-state index contributed by atoms with van der Waals surface area (Å²) in [6.07, 6.45) is 0. The van der Waals surface area contributed by atoms with E-state index in [2.05, 4.69) is 4.98 Å². The highest BCUT2D eigenvalue weighted by molar-refractivity contribution is 7.11. The van der Waals surface area contributed by atoms with Crippen molar-refractivity contribution in [3.63, 3.8) is 0 Å². The first-order valence-electron chi connectivity index (χ1n) is 8.86. The Kier molecular flexibility index (Phi) is 5.30. The van der Waals surface area contributed by atoms with Gasteiger partial charge in [0.2, 0.25) is 0 Å². The number of aromatic nitrogens is 1. The SMILES string of the molecule is N#C/C(=C(/O)c1ccc(-c2ccc([N+](=O)[O-])cc2)o1)c1nc(-c2ccc(F)cc2)cs1. The first-order valence-corrected chi connectivity index (χ1v) is 9.74. The molecule has 4 aromatic rings. The lowest BCUT2D eigenvalue weighted by molar-refractivity contribution is -0.384. The van der Waals surface area contributed by atoms with Crippen LogP contribution in [0.3, 0.4) is 0 Å². The van der Waals surface area contributed by atoms with Crippen LogP contribution in [0.5, 0.6) is 0 Å². The summed E-state index contributed by atoms with van der Waals surface area (Å²) < 4.78 is 18.8. The fourth-order valence-corrected chi connectivity index (χ4v) is 3.66. The average Bonchev–Trinajstić information content (AvgIpc) is 3.45. The van der Waals surface area contributed by atoms with Gasteiger partial charge in [-0.05, 0) is 48.5 Å².